The molecule has 2 rings (SSSR count). The maximum absolute atomic E-state index is 11.9. The van der Waals surface area contributed by atoms with Crippen molar-refractivity contribution in [1.82, 2.24) is 9.97 Å². The topological polar surface area (TPSA) is 69.5 Å². The van der Waals surface area contributed by atoms with Crippen molar-refractivity contribution < 1.29 is 4.79 Å². The van der Waals surface area contributed by atoms with Gasteiger partial charge in [-0.15, -0.1) is 0 Å². The molecule has 4 nitrogen and oxygen atoms in total. The van der Waals surface area contributed by atoms with Crippen molar-refractivity contribution in [3.63, 3.8) is 0 Å². The van der Waals surface area contributed by atoms with Crippen molar-refractivity contribution in [1.29, 1.82) is 5.26 Å². The molecule has 4 heteroatoms. The summed E-state index contributed by atoms with van der Waals surface area (Å²) in [5, 5.41) is 9.09. The molecule has 0 amide bonds. The molecule has 0 aliphatic rings. The molecular formula is C13H13N3O. The zero-order chi connectivity index (χ0) is 12.4. The van der Waals surface area contributed by atoms with Gasteiger partial charge in [0.2, 0.25) is 0 Å². The van der Waals surface area contributed by atoms with E-state index in [0.717, 1.165) is 11.0 Å². The summed E-state index contributed by atoms with van der Waals surface area (Å²) in [6.07, 6.45) is 0. The van der Waals surface area contributed by atoms with E-state index in [9.17, 15) is 4.79 Å². The SMILES string of the molecule is CC(C)C(=O)[C@H](C#N)c1nc2ccccc2[nH]1. The molecule has 0 aliphatic carbocycles. The van der Waals surface area contributed by atoms with Gasteiger partial charge in [-0.2, -0.15) is 5.26 Å². The Labute approximate surface area is 99.3 Å². The Kier molecular flexibility index (Phi) is 2.92. The molecule has 86 valence electrons. The second kappa shape index (κ2) is 4.38. The highest BCUT2D eigenvalue weighted by Gasteiger charge is 2.25. The molecule has 0 spiro atoms. The third-order valence-electron chi connectivity index (χ3n) is 2.66. The number of imidazole rings is 1. The minimum Gasteiger partial charge on any atom is -0.340 e. The first-order valence-electron chi connectivity index (χ1n) is 5.51. The van der Waals surface area contributed by atoms with Crippen LogP contribution in [0, 0.1) is 17.2 Å². The van der Waals surface area contributed by atoms with Crippen LogP contribution in [0.15, 0.2) is 24.3 Å². The van der Waals surface area contributed by atoms with Crippen molar-refractivity contribution in [2.24, 2.45) is 5.92 Å². The van der Waals surface area contributed by atoms with Crippen LogP contribution in [-0.2, 0) is 4.79 Å². The van der Waals surface area contributed by atoms with E-state index in [-0.39, 0.29) is 11.7 Å². The monoisotopic (exact) mass is 227 g/mol. The molecule has 0 saturated heterocycles. The number of carbonyl (C=O) groups is 1. The van der Waals surface area contributed by atoms with Gasteiger partial charge in [0.05, 0.1) is 17.1 Å². The molecule has 1 atom stereocenters. The Morgan fingerprint density at radius 3 is 2.71 bits per heavy atom. The summed E-state index contributed by atoms with van der Waals surface area (Å²) < 4.78 is 0. The molecule has 0 saturated carbocycles. The first-order valence-corrected chi connectivity index (χ1v) is 5.51. The van der Waals surface area contributed by atoms with Crippen LogP contribution in [0.5, 0.6) is 0 Å². The normalized spacial score (nSPS) is 12.6. The number of nitrogens with zero attached hydrogens (tertiary/aromatic N) is 2. The molecule has 2 aromatic rings. The van der Waals surface area contributed by atoms with Gasteiger partial charge in [-0.25, -0.2) is 4.98 Å². The van der Waals surface area contributed by atoms with Gasteiger partial charge < -0.3 is 4.98 Å². The highest BCUT2D eigenvalue weighted by molar-refractivity contribution is 5.90. The molecule has 0 bridgehead atoms. The molecule has 0 fully saturated rings. The zero-order valence-electron chi connectivity index (χ0n) is 9.77. The highest BCUT2D eigenvalue weighted by atomic mass is 16.1. The Morgan fingerprint density at radius 1 is 1.41 bits per heavy atom. The third-order valence-corrected chi connectivity index (χ3v) is 2.66. The standard InChI is InChI=1S/C13H13N3O/c1-8(2)12(17)9(7-14)13-15-10-5-3-4-6-11(10)16-13/h3-6,8-9H,1-2H3,(H,15,16)/t9-/m0/s1. The van der Waals surface area contributed by atoms with Gasteiger partial charge >= 0.3 is 0 Å². The molecule has 0 aliphatic heterocycles. The van der Waals surface area contributed by atoms with E-state index in [0.29, 0.717) is 5.82 Å². The lowest BCUT2D eigenvalue weighted by atomic mass is 9.96. The minimum atomic E-state index is -0.803. The Morgan fingerprint density at radius 2 is 2.12 bits per heavy atom. The number of ketones is 1. The Bertz CT molecular complexity index is 559. The Hall–Kier alpha value is -2.15. The molecule has 1 aromatic carbocycles. The van der Waals surface area contributed by atoms with Crippen molar-refractivity contribution in [3.8, 4) is 6.07 Å². The zero-order valence-corrected chi connectivity index (χ0v) is 9.77. The molecule has 1 aromatic heterocycles. The molecule has 0 unspecified atom stereocenters. The maximum atomic E-state index is 11.9. The predicted molar refractivity (Wildman–Crippen MR) is 64.3 cm³/mol. The van der Waals surface area contributed by atoms with Crippen molar-refractivity contribution in [2.75, 3.05) is 0 Å². The minimum absolute atomic E-state index is 0.105. The first-order chi connectivity index (χ1) is 8.13. The maximum Gasteiger partial charge on any atom is 0.162 e. The van der Waals surface area contributed by atoms with Gasteiger partial charge in [-0.05, 0) is 12.1 Å². The molecule has 1 heterocycles. The summed E-state index contributed by atoms with van der Waals surface area (Å²) in [6.45, 7) is 3.57. The van der Waals surface area contributed by atoms with E-state index in [1.807, 2.05) is 30.3 Å². The van der Waals surface area contributed by atoms with E-state index in [1.165, 1.54) is 0 Å². The Balaban J connectivity index is 2.44. The highest BCUT2D eigenvalue weighted by Crippen LogP contribution is 2.20. The number of nitriles is 1. The molecule has 17 heavy (non-hydrogen) atoms. The van der Waals surface area contributed by atoms with Gasteiger partial charge in [0.25, 0.3) is 0 Å². The summed E-state index contributed by atoms with van der Waals surface area (Å²) in [6, 6.07) is 9.50. The van der Waals surface area contributed by atoms with E-state index in [2.05, 4.69) is 9.97 Å². The average Bonchev–Trinajstić information content (AvgIpc) is 2.72. The van der Waals surface area contributed by atoms with Gasteiger partial charge in [-0.1, -0.05) is 26.0 Å². The number of aromatic amines is 1. The van der Waals surface area contributed by atoms with Crippen LogP contribution in [0.25, 0.3) is 11.0 Å². The van der Waals surface area contributed by atoms with Crippen molar-refractivity contribution in [3.05, 3.63) is 30.1 Å². The second-order valence-electron chi connectivity index (χ2n) is 4.26. The van der Waals surface area contributed by atoms with Crippen molar-refractivity contribution in [2.45, 2.75) is 19.8 Å². The number of para-hydroxylation sites is 2. The smallest absolute Gasteiger partial charge is 0.162 e. The lowest BCUT2D eigenvalue weighted by Gasteiger charge is -2.07. The van der Waals surface area contributed by atoms with Crippen LogP contribution >= 0.6 is 0 Å². The summed E-state index contributed by atoms with van der Waals surface area (Å²) in [7, 11) is 0. The summed E-state index contributed by atoms with van der Waals surface area (Å²) in [5.41, 5.74) is 1.62. The fourth-order valence-corrected chi connectivity index (χ4v) is 1.70. The van der Waals surface area contributed by atoms with Crippen LogP contribution in [-0.4, -0.2) is 15.8 Å². The van der Waals surface area contributed by atoms with Crippen LogP contribution in [0.2, 0.25) is 0 Å². The number of rotatable bonds is 3. The van der Waals surface area contributed by atoms with E-state index in [1.54, 1.807) is 13.8 Å². The fourth-order valence-electron chi connectivity index (χ4n) is 1.70. The van der Waals surface area contributed by atoms with Crippen LogP contribution in [0.3, 0.4) is 0 Å². The molecular weight excluding hydrogens is 214 g/mol. The molecule has 0 radical (unpaired) electrons. The fraction of sp³-hybridized carbons (Fsp3) is 0.308. The number of carbonyl (C=O) groups excluding carboxylic acids is 1. The lowest BCUT2D eigenvalue weighted by molar-refractivity contribution is -0.122. The van der Waals surface area contributed by atoms with Gasteiger partial charge in [0.1, 0.15) is 5.82 Å². The summed E-state index contributed by atoms with van der Waals surface area (Å²) in [5.74, 6) is -0.644. The first kappa shape index (κ1) is 11.3. The summed E-state index contributed by atoms with van der Waals surface area (Å²) in [4.78, 5) is 19.2. The predicted octanol–water partition coefficient (Wildman–Crippen LogP) is 2.40. The number of benzene rings is 1. The van der Waals surface area contributed by atoms with Crippen LogP contribution in [0.1, 0.15) is 25.6 Å². The number of hydrogen-bond donors (Lipinski definition) is 1. The largest absolute Gasteiger partial charge is 0.340 e. The number of aromatic nitrogens is 2. The van der Waals surface area contributed by atoms with E-state index >= 15 is 0 Å². The second-order valence-corrected chi connectivity index (χ2v) is 4.26. The summed E-state index contributed by atoms with van der Waals surface area (Å²) >= 11 is 0. The van der Waals surface area contributed by atoms with Crippen molar-refractivity contribution >= 4 is 16.8 Å². The number of hydrogen-bond acceptors (Lipinski definition) is 3. The van der Waals surface area contributed by atoms with Gasteiger partial charge in [-0.3, -0.25) is 4.79 Å². The number of Topliss-reactive ketones (excluding diaryl/α,β-unsaturated/α-hetero) is 1. The number of nitrogens with one attached hydrogen (secondary N) is 1. The average molecular weight is 227 g/mol. The molecule has 1 N–H and O–H groups in total. The van der Waals surface area contributed by atoms with Gasteiger partial charge in [0.15, 0.2) is 11.7 Å². The van der Waals surface area contributed by atoms with Crippen LogP contribution < -0.4 is 0 Å². The number of H-pyrrole nitrogens is 1. The van der Waals surface area contributed by atoms with Crippen LogP contribution in [0.4, 0.5) is 0 Å². The van der Waals surface area contributed by atoms with E-state index in [4.69, 9.17) is 5.26 Å². The van der Waals surface area contributed by atoms with Gasteiger partial charge in [0, 0.05) is 5.92 Å². The third kappa shape index (κ3) is 2.04. The number of fused-ring (bicyclic) bond motifs is 1. The van der Waals surface area contributed by atoms with E-state index < -0.39 is 5.92 Å². The quantitative estimate of drug-likeness (QED) is 0.875. The lowest BCUT2D eigenvalue weighted by Crippen LogP contribution is -2.17.